The Hall–Kier alpha value is -1.39. The molecule has 2 N–H and O–H groups in total. The Morgan fingerprint density at radius 2 is 1.78 bits per heavy atom. The first-order chi connectivity index (χ1) is 11.2. The van der Waals surface area contributed by atoms with Gasteiger partial charge in [-0.2, -0.15) is 0 Å². The fourth-order valence-electron chi connectivity index (χ4n) is 3.91. The zero-order valence-corrected chi connectivity index (χ0v) is 14.2. The second kappa shape index (κ2) is 7.45. The van der Waals surface area contributed by atoms with Crippen molar-refractivity contribution < 1.29 is 4.79 Å². The Labute approximate surface area is 139 Å². The van der Waals surface area contributed by atoms with Crippen LogP contribution < -0.4 is 5.73 Å². The van der Waals surface area contributed by atoms with E-state index >= 15 is 0 Å². The Morgan fingerprint density at radius 3 is 2.43 bits per heavy atom. The summed E-state index contributed by atoms with van der Waals surface area (Å²) in [6, 6.07) is 10.9. The molecule has 4 nitrogen and oxygen atoms in total. The normalized spacial score (nSPS) is 25.3. The van der Waals surface area contributed by atoms with Crippen LogP contribution in [0.15, 0.2) is 30.3 Å². The molecule has 2 heterocycles. The average molecular weight is 315 g/mol. The van der Waals surface area contributed by atoms with Gasteiger partial charge < -0.3 is 10.6 Å². The van der Waals surface area contributed by atoms with Crippen molar-refractivity contribution in [1.82, 2.24) is 9.80 Å². The number of piperidine rings is 2. The van der Waals surface area contributed by atoms with Crippen molar-refractivity contribution in [2.45, 2.75) is 57.2 Å². The molecule has 23 heavy (non-hydrogen) atoms. The predicted octanol–water partition coefficient (Wildman–Crippen LogP) is 2.55. The minimum atomic E-state index is -0.138. The van der Waals surface area contributed by atoms with Gasteiger partial charge in [0.25, 0.3) is 0 Å². The number of amides is 1. The van der Waals surface area contributed by atoms with E-state index in [1.807, 2.05) is 23.1 Å². The van der Waals surface area contributed by atoms with Crippen molar-refractivity contribution in [3.8, 4) is 0 Å². The van der Waals surface area contributed by atoms with Crippen LogP contribution in [0.25, 0.3) is 0 Å². The largest absolute Gasteiger partial charge is 0.341 e. The molecular weight excluding hydrogens is 286 g/mol. The van der Waals surface area contributed by atoms with Gasteiger partial charge in [0.1, 0.15) is 6.04 Å². The summed E-state index contributed by atoms with van der Waals surface area (Å²) < 4.78 is 0. The molecule has 2 aliphatic rings. The Kier molecular flexibility index (Phi) is 5.34. The van der Waals surface area contributed by atoms with Gasteiger partial charge in [-0.1, -0.05) is 36.8 Å². The van der Waals surface area contributed by atoms with Crippen molar-refractivity contribution >= 4 is 5.91 Å². The van der Waals surface area contributed by atoms with Crippen LogP contribution in [0.3, 0.4) is 0 Å². The zero-order valence-electron chi connectivity index (χ0n) is 14.2. The highest BCUT2D eigenvalue weighted by molar-refractivity contribution is 5.83. The van der Waals surface area contributed by atoms with Crippen LogP contribution >= 0.6 is 0 Å². The molecule has 0 aliphatic carbocycles. The first-order valence-corrected chi connectivity index (χ1v) is 9.02. The van der Waals surface area contributed by atoms with Gasteiger partial charge in [-0.15, -0.1) is 0 Å². The molecule has 2 atom stereocenters. The van der Waals surface area contributed by atoms with E-state index in [4.69, 9.17) is 5.73 Å². The summed E-state index contributed by atoms with van der Waals surface area (Å²) in [5.74, 6) is 0.261. The lowest BCUT2D eigenvalue weighted by Gasteiger charge is -2.42. The van der Waals surface area contributed by atoms with Crippen LogP contribution in [0.1, 0.15) is 50.6 Å². The molecule has 2 unspecified atom stereocenters. The van der Waals surface area contributed by atoms with Crippen molar-refractivity contribution in [3.05, 3.63) is 35.9 Å². The van der Waals surface area contributed by atoms with Gasteiger partial charge in [0.05, 0.1) is 0 Å². The predicted molar refractivity (Wildman–Crippen MR) is 93.0 cm³/mol. The third kappa shape index (κ3) is 3.75. The van der Waals surface area contributed by atoms with E-state index < -0.39 is 0 Å². The lowest BCUT2D eigenvalue weighted by molar-refractivity contribution is -0.140. The van der Waals surface area contributed by atoms with Crippen LogP contribution in [-0.4, -0.2) is 47.4 Å². The second-order valence-electron chi connectivity index (χ2n) is 7.06. The van der Waals surface area contributed by atoms with Gasteiger partial charge in [-0.3, -0.25) is 9.69 Å². The van der Waals surface area contributed by atoms with Crippen molar-refractivity contribution in [3.63, 3.8) is 0 Å². The van der Waals surface area contributed by atoms with Crippen molar-refractivity contribution in [2.75, 3.05) is 19.6 Å². The first kappa shape index (κ1) is 16.5. The third-order valence-corrected chi connectivity index (χ3v) is 5.39. The van der Waals surface area contributed by atoms with Crippen LogP contribution in [0, 0.1) is 0 Å². The molecule has 4 heteroatoms. The maximum absolute atomic E-state index is 13.3. The van der Waals surface area contributed by atoms with Crippen LogP contribution in [-0.2, 0) is 4.79 Å². The summed E-state index contributed by atoms with van der Waals surface area (Å²) in [5, 5.41) is 0. The van der Waals surface area contributed by atoms with E-state index in [9.17, 15) is 4.79 Å². The minimum Gasteiger partial charge on any atom is -0.341 e. The van der Waals surface area contributed by atoms with Crippen LogP contribution in [0.2, 0.25) is 0 Å². The molecule has 0 spiro atoms. The third-order valence-electron chi connectivity index (χ3n) is 5.39. The molecular formula is C19H29N3O. The molecule has 2 saturated heterocycles. The number of hydrogen-bond acceptors (Lipinski definition) is 3. The number of nitrogens with zero attached hydrogens (tertiary/aromatic N) is 2. The SMILES string of the molecule is CC1CCCCN1C(C(=O)N1CCC(N)CC1)c1ccccc1. The highest BCUT2D eigenvalue weighted by Crippen LogP contribution is 2.30. The number of hydrogen-bond donors (Lipinski definition) is 1. The lowest BCUT2D eigenvalue weighted by atomic mass is 9.95. The van der Waals surface area contributed by atoms with Crippen LogP contribution in [0.5, 0.6) is 0 Å². The van der Waals surface area contributed by atoms with Crippen molar-refractivity contribution in [1.29, 1.82) is 0 Å². The van der Waals surface area contributed by atoms with Gasteiger partial charge in [-0.05, 0) is 44.7 Å². The van der Waals surface area contributed by atoms with E-state index in [1.54, 1.807) is 0 Å². The molecule has 1 aromatic rings. The monoisotopic (exact) mass is 315 g/mol. The van der Waals surface area contributed by atoms with E-state index in [2.05, 4.69) is 24.0 Å². The van der Waals surface area contributed by atoms with Crippen LogP contribution in [0.4, 0.5) is 0 Å². The number of likely N-dealkylation sites (tertiary alicyclic amines) is 2. The topological polar surface area (TPSA) is 49.6 Å². The smallest absolute Gasteiger partial charge is 0.244 e. The Morgan fingerprint density at radius 1 is 1.09 bits per heavy atom. The molecule has 1 amide bonds. The Bertz CT molecular complexity index is 511. The van der Waals surface area contributed by atoms with Gasteiger partial charge in [0, 0.05) is 25.2 Å². The summed E-state index contributed by atoms with van der Waals surface area (Å²) in [4.78, 5) is 17.7. The van der Waals surface area contributed by atoms with E-state index in [1.165, 1.54) is 19.3 Å². The van der Waals surface area contributed by atoms with E-state index in [0.29, 0.717) is 6.04 Å². The maximum atomic E-state index is 13.3. The molecule has 0 bridgehead atoms. The molecule has 2 aliphatic heterocycles. The minimum absolute atomic E-state index is 0.138. The molecule has 0 saturated carbocycles. The summed E-state index contributed by atoms with van der Waals surface area (Å²) in [5.41, 5.74) is 7.13. The Balaban J connectivity index is 1.84. The standard InChI is InChI=1S/C19H29N3O/c1-15-7-5-6-12-22(15)18(16-8-3-2-4-9-16)19(23)21-13-10-17(20)11-14-21/h2-4,8-9,15,17-18H,5-7,10-14,20H2,1H3. The summed E-state index contributed by atoms with van der Waals surface area (Å²) in [6.07, 6.45) is 5.48. The molecule has 0 aromatic heterocycles. The molecule has 3 rings (SSSR count). The number of benzene rings is 1. The van der Waals surface area contributed by atoms with Gasteiger partial charge in [0.2, 0.25) is 5.91 Å². The number of nitrogens with two attached hydrogens (primary N) is 1. The lowest BCUT2D eigenvalue weighted by Crippen LogP contribution is -2.51. The fraction of sp³-hybridized carbons (Fsp3) is 0.632. The first-order valence-electron chi connectivity index (χ1n) is 9.02. The van der Waals surface area contributed by atoms with Gasteiger partial charge in [-0.25, -0.2) is 0 Å². The summed E-state index contributed by atoms with van der Waals surface area (Å²) in [7, 11) is 0. The van der Waals surface area contributed by atoms with Gasteiger partial charge in [0.15, 0.2) is 0 Å². The van der Waals surface area contributed by atoms with E-state index in [-0.39, 0.29) is 18.0 Å². The zero-order chi connectivity index (χ0) is 16.2. The maximum Gasteiger partial charge on any atom is 0.244 e. The second-order valence-corrected chi connectivity index (χ2v) is 7.06. The highest BCUT2D eigenvalue weighted by atomic mass is 16.2. The fourth-order valence-corrected chi connectivity index (χ4v) is 3.91. The molecule has 2 fully saturated rings. The summed E-state index contributed by atoms with van der Waals surface area (Å²) >= 11 is 0. The number of carbonyl (C=O) groups excluding carboxylic acids is 1. The average Bonchev–Trinajstić information content (AvgIpc) is 2.58. The number of carbonyl (C=O) groups is 1. The molecule has 0 radical (unpaired) electrons. The highest BCUT2D eigenvalue weighted by Gasteiger charge is 2.35. The summed E-state index contributed by atoms with van der Waals surface area (Å²) in [6.45, 7) is 4.87. The van der Waals surface area contributed by atoms with Gasteiger partial charge >= 0.3 is 0 Å². The quantitative estimate of drug-likeness (QED) is 0.932. The number of rotatable bonds is 3. The van der Waals surface area contributed by atoms with E-state index in [0.717, 1.165) is 38.0 Å². The molecule has 1 aromatic carbocycles. The molecule has 126 valence electrons. The van der Waals surface area contributed by atoms with Crippen molar-refractivity contribution in [2.24, 2.45) is 5.73 Å².